The molecule has 0 radical (unpaired) electrons. The fraction of sp³-hybridized carbons (Fsp3) is 0.278. The van der Waals surface area contributed by atoms with Crippen LogP contribution in [0.3, 0.4) is 0 Å². The van der Waals surface area contributed by atoms with E-state index in [2.05, 4.69) is 55.5 Å². The van der Waals surface area contributed by atoms with Gasteiger partial charge in [0.2, 0.25) is 10.5 Å². The third-order valence-electron chi connectivity index (χ3n) is 4.11. The molecule has 0 unspecified atom stereocenters. The Bertz CT molecular complexity index is 527. The van der Waals surface area contributed by atoms with Crippen LogP contribution < -0.4 is 0 Å². The molecule has 0 fully saturated rings. The second-order valence-corrected chi connectivity index (χ2v) is 5.90. The van der Waals surface area contributed by atoms with Gasteiger partial charge in [-0.05, 0) is 24.0 Å². The number of benzene rings is 2. The van der Waals surface area contributed by atoms with Crippen LogP contribution in [0, 0.1) is 0 Å². The number of hydrogen-bond donors (Lipinski definition) is 0. The molecule has 2 rings (SSSR count). The first kappa shape index (κ1) is 15.5. The highest BCUT2D eigenvalue weighted by molar-refractivity contribution is 6.05. The van der Waals surface area contributed by atoms with Crippen molar-refractivity contribution < 1.29 is 9.22 Å². The smallest absolute Gasteiger partial charge is 0.291 e. The second-order valence-electron chi connectivity index (χ2n) is 5.49. The first-order valence-corrected chi connectivity index (χ1v) is 8.16. The van der Waals surface area contributed by atoms with E-state index < -0.39 is 0 Å². The summed E-state index contributed by atoms with van der Waals surface area (Å²) in [6.45, 7) is 2.25. The number of carbonyl (C=O) groups excluding carboxylic acids is 1. The van der Waals surface area contributed by atoms with Crippen molar-refractivity contribution in [2.75, 3.05) is 0 Å². The Morgan fingerprint density at radius 3 is 1.90 bits per heavy atom. The van der Waals surface area contributed by atoms with E-state index in [1.165, 1.54) is 11.1 Å². The Morgan fingerprint density at radius 1 is 1.00 bits per heavy atom. The maximum absolute atomic E-state index is 11.4. The number of hydrogen-bond acceptors (Lipinski definition) is 2. The Kier molecular flexibility index (Phi) is 5.34. The van der Waals surface area contributed by atoms with E-state index in [9.17, 15) is 4.79 Å². The molecule has 2 aromatic rings. The first-order valence-electron chi connectivity index (χ1n) is 7.34. The van der Waals surface area contributed by atoms with Gasteiger partial charge in [-0.3, -0.25) is 4.79 Å². The molecule has 0 N–H and O–H groups in total. The highest BCUT2D eigenvalue weighted by Gasteiger charge is 2.28. The average Bonchev–Trinajstić information content (AvgIpc) is 2.56. The zero-order chi connectivity index (χ0) is 15.1. The zero-order valence-corrected chi connectivity index (χ0v) is 14.7. The Balaban J connectivity index is 2.25. The third kappa shape index (κ3) is 3.82. The molecular formula is C18H22O2Si. The molecule has 2 aromatic carbocycles. The van der Waals surface area contributed by atoms with Crippen molar-refractivity contribution in [3.8, 4) is 0 Å². The first-order chi connectivity index (χ1) is 10.2. The predicted molar refractivity (Wildman–Crippen MR) is 89.2 cm³/mol. The van der Waals surface area contributed by atoms with Gasteiger partial charge in [-0.2, -0.15) is 0 Å². The summed E-state index contributed by atoms with van der Waals surface area (Å²) in [5.41, 5.74) is 2.50. The van der Waals surface area contributed by atoms with Crippen molar-refractivity contribution in [1.29, 1.82) is 0 Å². The standard InChI is InChI=1S/C18H22O2Si/c1-18(14-8-13-17(19)20-21,15-9-4-2-5-10-15)16-11-6-3-7-12-16/h2-7,9-12H,8,13-14H2,1,21H3. The Morgan fingerprint density at radius 2 is 1.48 bits per heavy atom. The van der Waals surface area contributed by atoms with Gasteiger partial charge in [-0.1, -0.05) is 67.6 Å². The number of rotatable bonds is 6. The molecule has 0 aliphatic rings. The van der Waals surface area contributed by atoms with E-state index in [0.29, 0.717) is 16.9 Å². The van der Waals surface area contributed by atoms with Crippen LogP contribution >= 0.6 is 0 Å². The van der Waals surface area contributed by atoms with E-state index in [1.54, 1.807) is 0 Å². The van der Waals surface area contributed by atoms with E-state index >= 15 is 0 Å². The molecule has 3 heteroatoms. The minimum Gasteiger partial charge on any atom is -0.529 e. The van der Waals surface area contributed by atoms with Crippen LogP contribution in [0.2, 0.25) is 0 Å². The second kappa shape index (κ2) is 7.23. The van der Waals surface area contributed by atoms with Crippen molar-refractivity contribution in [2.45, 2.75) is 31.6 Å². The predicted octanol–water partition coefficient (Wildman–Crippen LogP) is 2.99. The van der Waals surface area contributed by atoms with Crippen LogP contribution in [0.15, 0.2) is 60.7 Å². The molecule has 0 atom stereocenters. The molecule has 21 heavy (non-hydrogen) atoms. The molecule has 0 aliphatic heterocycles. The quantitative estimate of drug-likeness (QED) is 0.766. The highest BCUT2D eigenvalue weighted by Crippen LogP contribution is 2.36. The van der Waals surface area contributed by atoms with Crippen LogP contribution in [0.5, 0.6) is 0 Å². The molecule has 0 aromatic heterocycles. The molecule has 2 nitrogen and oxygen atoms in total. The largest absolute Gasteiger partial charge is 0.529 e. The summed E-state index contributed by atoms with van der Waals surface area (Å²) < 4.78 is 4.88. The lowest BCUT2D eigenvalue weighted by Crippen LogP contribution is -2.24. The van der Waals surface area contributed by atoms with Gasteiger partial charge < -0.3 is 4.43 Å². The lowest BCUT2D eigenvalue weighted by atomic mass is 9.73. The summed E-state index contributed by atoms with van der Waals surface area (Å²) >= 11 is 0. The minimum absolute atomic E-state index is 0.0754. The van der Waals surface area contributed by atoms with Crippen LogP contribution in [-0.2, 0) is 14.6 Å². The average molecular weight is 298 g/mol. The van der Waals surface area contributed by atoms with E-state index in [1.807, 2.05) is 12.1 Å². The van der Waals surface area contributed by atoms with Crippen LogP contribution in [0.4, 0.5) is 0 Å². The minimum atomic E-state index is -0.0786. The summed E-state index contributed by atoms with van der Waals surface area (Å²) in [7, 11) is 0.481. The lowest BCUT2D eigenvalue weighted by Gasteiger charge is -2.31. The third-order valence-corrected chi connectivity index (χ3v) is 4.56. The SMILES string of the molecule is CC(CCCC(=O)O[SiH3])(c1ccccc1)c1ccccc1. The van der Waals surface area contributed by atoms with Crippen LogP contribution in [0.25, 0.3) is 0 Å². The number of carbonyl (C=O) groups is 1. The molecule has 0 heterocycles. The monoisotopic (exact) mass is 298 g/mol. The summed E-state index contributed by atoms with van der Waals surface area (Å²) in [6, 6.07) is 21.0. The van der Waals surface area contributed by atoms with Crippen molar-refractivity contribution >= 4 is 16.5 Å². The van der Waals surface area contributed by atoms with Crippen LogP contribution in [0.1, 0.15) is 37.3 Å². The van der Waals surface area contributed by atoms with Gasteiger partial charge in [-0.25, -0.2) is 0 Å². The molecule has 0 aliphatic carbocycles. The topological polar surface area (TPSA) is 26.3 Å². The van der Waals surface area contributed by atoms with E-state index in [0.717, 1.165) is 12.8 Å². The normalized spacial score (nSPS) is 11.3. The summed E-state index contributed by atoms with van der Waals surface area (Å²) in [5.74, 6) is -0.0786. The zero-order valence-electron chi connectivity index (χ0n) is 12.7. The molecule has 0 saturated heterocycles. The summed E-state index contributed by atoms with van der Waals surface area (Å²) in [6.07, 6.45) is 2.26. The van der Waals surface area contributed by atoms with E-state index in [-0.39, 0.29) is 11.4 Å². The van der Waals surface area contributed by atoms with Crippen molar-refractivity contribution in [3.05, 3.63) is 71.8 Å². The van der Waals surface area contributed by atoms with Gasteiger partial charge in [0.1, 0.15) is 0 Å². The lowest BCUT2D eigenvalue weighted by molar-refractivity contribution is -0.134. The Labute approximate surface area is 129 Å². The van der Waals surface area contributed by atoms with Crippen molar-refractivity contribution in [3.63, 3.8) is 0 Å². The highest BCUT2D eigenvalue weighted by atomic mass is 28.2. The molecule has 110 valence electrons. The molecule has 0 bridgehead atoms. The molecular weight excluding hydrogens is 276 g/mol. The molecule has 0 saturated carbocycles. The van der Waals surface area contributed by atoms with Crippen molar-refractivity contribution in [1.82, 2.24) is 0 Å². The van der Waals surface area contributed by atoms with Gasteiger partial charge in [0.25, 0.3) is 5.97 Å². The van der Waals surface area contributed by atoms with E-state index in [4.69, 9.17) is 4.43 Å². The Hall–Kier alpha value is -1.87. The van der Waals surface area contributed by atoms with Gasteiger partial charge in [0.15, 0.2) is 0 Å². The fourth-order valence-electron chi connectivity index (χ4n) is 2.76. The van der Waals surface area contributed by atoms with Crippen molar-refractivity contribution in [2.24, 2.45) is 0 Å². The maximum atomic E-state index is 11.4. The van der Waals surface area contributed by atoms with Gasteiger partial charge in [0.05, 0.1) is 0 Å². The maximum Gasteiger partial charge on any atom is 0.291 e. The van der Waals surface area contributed by atoms with Gasteiger partial charge in [-0.15, -0.1) is 0 Å². The molecule has 0 amide bonds. The molecule has 0 spiro atoms. The van der Waals surface area contributed by atoms with Gasteiger partial charge in [0, 0.05) is 11.8 Å². The summed E-state index contributed by atoms with van der Waals surface area (Å²) in [5, 5.41) is 0. The summed E-state index contributed by atoms with van der Waals surface area (Å²) in [4.78, 5) is 11.4. The van der Waals surface area contributed by atoms with Crippen LogP contribution in [-0.4, -0.2) is 16.5 Å². The van der Waals surface area contributed by atoms with Gasteiger partial charge >= 0.3 is 0 Å². The fourth-order valence-corrected chi connectivity index (χ4v) is 2.96.